The summed E-state index contributed by atoms with van der Waals surface area (Å²) in [5.74, 6) is -0.890. The zero-order valence-electron chi connectivity index (χ0n) is 19.0. The molecule has 9 nitrogen and oxygen atoms in total. The third-order valence-corrected chi connectivity index (χ3v) is 8.42. The Morgan fingerprint density at radius 3 is 2.34 bits per heavy atom. The van der Waals surface area contributed by atoms with Gasteiger partial charge in [-0.05, 0) is 25.5 Å². The van der Waals surface area contributed by atoms with Crippen LogP contribution in [0.5, 0.6) is 0 Å². The molecule has 2 fully saturated rings. The largest absolute Gasteiger partial charge is 0.368 e. The Balaban J connectivity index is 1.90. The van der Waals surface area contributed by atoms with Gasteiger partial charge in [0, 0.05) is 39.3 Å². The van der Waals surface area contributed by atoms with Crippen molar-refractivity contribution in [1.82, 2.24) is 18.4 Å². The van der Waals surface area contributed by atoms with Gasteiger partial charge in [0.15, 0.2) is 0 Å². The van der Waals surface area contributed by atoms with Crippen molar-refractivity contribution >= 4 is 22.0 Å². The first-order valence-corrected chi connectivity index (χ1v) is 12.7. The second kappa shape index (κ2) is 10.7. The molecule has 1 aromatic carbocycles. The fourth-order valence-corrected chi connectivity index (χ4v) is 6.14. The lowest BCUT2D eigenvalue weighted by atomic mass is 10.00. The van der Waals surface area contributed by atoms with Gasteiger partial charge in [-0.3, -0.25) is 9.59 Å². The van der Waals surface area contributed by atoms with Gasteiger partial charge in [0.1, 0.15) is 12.1 Å². The van der Waals surface area contributed by atoms with E-state index in [4.69, 9.17) is 5.73 Å². The van der Waals surface area contributed by atoms with Crippen LogP contribution in [-0.4, -0.2) is 97.0 Å². The normalized spacial score (nSPS) is 22.8. The van der Waals surface area contributed by atoms with E-state index in [1.165, 1.54) is 13.5 Å². The molecule has 2 amide bonds. The maximum Gasteiger partial charge on any atom is 0.282 e. The molecule has 0 aromatic heterocycles. The lowest BCUT2D eigenvalue weighted by Gasteiger charge is -2.44. The summed E-state index contributed by atoms with van der Waals surface area (Å²) in [6.45, 7) is 4.41. The Morgan fingerprint density at radius 2 is 1.75 bits per heavy atom. The summed E-state index contributed by atoms with van der Waals surface area (Å²) in [7, 11) is -1.86. The van der Waals surface area contributed by atoms with Crippen LogP contribution in [0.2, 0.25) is 0 Å². The average molecular weight is 466 g/mol. The number of benzene rings is 1. The molecule has 2 aliphatic rings. The highest BCUT2D eigenvalue weighted by atomic mass is 32.2. The number of primary amides is 1. The van der Waals surface area contributed by atoms with Crippen LogP contribution >= 0.6 is 0 Å². The van der Waals surface area contributed by atoms with Crippen LogP contribution in [0.4, 0.5) is 0 Å². The number of likely N-dealkylation sites (N-methyl/N-ethyl adjacent to an activating group) is 1. The molecule has 0 bridgehead atoms. The fourth-order valence-electron chi connectivity index (χ4n) is 4.42. The van der Waals surface area contributed by atoms with Gasteiger partial charge in [-0.1, -0.05) is 50.1 Å². The van der Waals surface area contributed by atoms with Crippen LogP contribution in [0.1, 0.15) is 31.7 Å². The quantitative estimate of drug-likeness (QED) is 0.564. The Labute approximate surface area is 191 Å². The fraction of sp³-hybridized carbons (Fsp3) is 0.636. The van der Waals surface area contributed by atoms with Crippen LogP contribution in [0, 0.1) is 0 Å². The van der Waals surface area contributed by atoms with E-state index in [1.54, 1.807) is 0 Å². The lowest BCUT2D eigenvalue weighted by molar-refractivity contribution is -0.146. The van der Waals surface area contributed by atoms with Gasteiger partial charge >= 0.3 is 0 Å². The molecular formula is C22H35N5O4S. The van der Waals surface area contributed by atoms with E-state index in [-0.39, 0.29) is 25.4 Å². The van der Waals surface area contributed by atoms with E-state index < -0.39 is 28.2 Å². The minimum absolute atomic E-state index is 0.147. The molecular weight excluding hydrogens is 430 g/mol. The number of carbonyl (C=O) groups excluding carboxylic acids is 2. The zero-order valence-corrected chi connectivity index (χ0v) is 19.8. The highest BCUT2D eigenvalue weighted by molar-refractivity contribution is 7.86. The predicted molar refractivity (Wildman–Crippen MR) is 123 cm³/mol. The Bertz CT molecular complexity index is 887. The first-order valence-electron chi connectivity index (χ1n) is 11.3. The van der Waals surface area contributed by atoms with E-state index in [2.05, 4.69) is 4.90 Å². The Hall–Kier alpha value is -2.01. The number of rotatable bonds is 9. The average Bonchev–Trinajstić information content (AvgIpc) is 2.77. The van der Waals surface area contributed by atoms with Crippen molar-refractivity contribution in [3.63, 3.8) is 0 Å². The van der Waals surface area contributed by atoms with E-state index in [1.807, 2.05) is 44.3 Å². The first kappa shape index (κ1) is 24.6. The highest BCUT2D eigenvalue weighted by Gasteiger charge is 2.46. The molecule has 0 spiro atoms. The van der Waals surface area contributed by atoms with Crippen molar-refractivity contribution in [2.45, 2.75) is 44.7 Å². The number of hydrogen-bond acceptors (Lipinski definition) is 5. The number of nitrogens with zero attached hydrogens (tertiary/aromatic N) is 4. The van der Waals surface area contributed by atoms with Crippen molar-refractivity contribution < 1.29 is 18.0 Å². The van der Waals surface area contributed by atoms with Gasteiger partial charge in [-0.15, -0.1) is 0 Å². The third-order valence-electron chi connectivity index (χ3n) is 6.37. The summed E-state index contributed by atoms with van der Waals surface area (Å²) in [6, 6.07) is 7.77. The van der Waals surface area contributed by atoms with E-state index >= 15 is 0 Å². The first-order chi connectivity index (χ1) is 15.3. The van der Waals surface area contributed by atoms with Crippen LogP contribution in [-0.2, 0) is 26.2 Å². The summed E-state index contributed by atoms with van der Waals surface area (Å²) in [4.78, 5) is 29.4. The van der Waals surface area contributed by atoms with Crippen molar-refractivity contribution in [3.8, 4) is 0 Å². The number of nitrogens with two attached hydrogens (primary N) is 1. The molecule has 2 N–H and O–H groups in total. The van der Waals surface area contributed by atoms with Crippen LogP contribution in [0.15, 0.2) is 30.3 Å². The molecule has 178 valence electrons. The second-order valence-electron chi connectivity index (χ2n) is 8.62. The maximum absolute atomic E-state index is 13.6. The molecule has 3 rings (SSSR count). The SMILES string of the molecule is CCCC[C@@H](C(N)=O)N1CCN(S(=O)(=O)N2CCN(C)CC2)[C@@H](Cc2ccccc2)C1=O. The molecule has 2 atom stereocenters. The van der Waals surface area contributed by atoms with Crippen molar-refractivity contribution in [2.24, 2.45) is 5.73 Å². The van der Waals surface area contributed by atoms with Crippen LogP contribution < -0.4 is 5.73 Å². The molecule has 0 unspecified atom stereocenters. The van der Waals surface area contributed by atoms with Crippen molar-refractivity contribution in [2.75, 3.05) is 46.3 Å². The van der Waals surface area contributed by atoms with E-state index in [0.29, 0.717) is 32.6 Å². The van der Waals surface area contributed by atoms with Gasteiger partial charge in [0.05, 0.1) is 0 Å². The van der Waals surface area contributed by atoms with Gasteiger partial charge in [-0.2, -0.15) is 17.0 Å². The van der Waals surface area contributed by atoms with Gasteiger partial charge in [-0.25, -0.2) is 0 Å². The molecule has 0 saturated carbocycles. The van der Waals surface area contributed by atoms with E-state index in [0.717, 1.165) is 18.4 Å². The summed E-state index contributed by atoms with van der Waals surface area (Å²) in [6.07, 6.45) is 2.39. The standard InChI is InChI=1S/C22H35N5O4S/c1-3-4-10-19(21(23)28)26-15-16-27(32(30,31)25-13-11-24(2)12-14-25)20(22(26)29)17-18-8-6-5-7-9-18/h5-9,19-20H,3-4,10-17H2,1-2H3,(H2,23,28)/t19-,20-/m0/s1. The van der Waals surface area contributed by atoms with Gasteiger partial charge in [0.2, 0.25) is 11.8 Å². The predicted octanol–water partition coefficient (Wildman–Crippen LogP) is 0.278. The number of carbonyl (C=O) groups is 2. The van der Waals surface area contributed by atoms with Crippen molar-refractivity contribution in [1.29, 1.82) is 0 Å². The van der Waals surface area contributed by atoms with E-state index in [9.17, 15) is 18.0 Å². The third kappa shape index (κ3) is 5.48. The molecule has 32 heavy (non-hydrogen) atoms. The highest BCUT2D eigenvalue weighted by Crippen LogP contribution is 2.25. The molecule has 0 radical (unpaired) electrons. The molecule has 2 saturated heterocycles. The Morgan fingerprint density at radius 1 is 1.09 bits per heavy atom. The zero-order chi connectivity index (χ0) is 23.3. The molecule has 1 aromatic rings. The number of piperazine rings is 2. The van der Waals surface area contributed by atoms with Crippen molar-refractivity contribution in [3.05, 3.63) is 35.9 Å². The summed E-state index contributed by atoms with van der Waals surface area (Å²) < 4.78 is 29.9. The molecule has 10 heteroatoms. The Kier molecular flexibility index (Phi) is 8.26. The monoisotopic (exact) mass is 465 g/mol. The second-order valence-corrected chi connectivity index (χ2v) is 10.5. The minimum atomic E-state index is -3.82. The lowest BCUT2D eigenvalue weighted by Crippen LogP contribution is -2.65. The summed E-state index contributed by atoms with van der Waals surface area (Å²) in [5.41, 5.74) is 6.51. The number of amides is 2. The minimum Gasteiger partial charge on any atom is -0.368 e. The van der Waals surface area contributed by atoms with Crippen LogP contribution in [0.25, 0.3) is 0 Å². The molecule has 0 aliphatic carbocycles. The maximum atomic E-state index is 13.6. The van der Waals surface area contributed by atoms with Crippen LogP contribution in [0.3, 0.4) is 0 Å². The molecule has 2 heterocycles. The number of unbranched alkanes of at least 4 members (excludes halogenated alkanes) is 1. The van der Waals surface area contributed by atoms with Gasteiger partial charge < -0.3 is 15.5 Å². The topological polar surface area (TPSA) is 107 Å². The van der Waals surface area contributed by atoms with Gasteiger partial charge in [0.25, 0.3) is 10.2 Å². The summed E-state index contributed by atoms with van der Waals surface area (Å²) >= 11 is 0. The smallest absolute Gasteiger partial charge is 0.282 e. The number of hydrogen-bond donors (Lipinski definition) is 1. The molecule has 2 aliphatic heterocycles. The summed E-state index contributed by atoms with van der Waals surface area (Å²) in [5, 5.41) is 0.